The topological polar surface area (TPSA) is 21.3 Å². The van der Waals surface area contributed by atoms with Crippen LogP contribution in [-0.2, 0) is 4.74 Å². The maximum absolute atomic E-state index is 5.55. The Morgan fingerprint density at radius 2 is 2.21 bits per heavy atom. The standard InChI is InChI=1S/C11H23NOS/c1-8(2)10(12-4)7-14-11-5-6-13-9(11)3/h8-12H,5-7H2,1-4H3. The third-order valence-corrected chi connectivity index (χ3v) is 4.57. The molecule has 0 spiro atoms. The predicted molar refractivity (Wildman–Crippen MR) is 64.0 cm³/mol. The van der Waals surface area contributed by atoms with E-state index in [1.54, 1.807) is 0 Å². The zero-order chi connectivity index (χ0) is 10.6. The summed E-state index contributed by atoms with van der Waals surface area (Å²) in [6.07, 6.45) is 1.67. The molecule has 1 aliphatic rings. The normalized spacial score (nSPS) is 29.8. The number of hydrogen-bond acceptors (Lipinski definition) is 3. The maximum Gasteiger partial charge on any atom is 0.0666 e. The summed E-state index contributed by atoms with van der Waals surface area (Å²) in [4.78, 5) is 0. The molecule has 0 aromatic rings. The zero-order valence-corrected chi connectivity index (χ0v) is 10.6. The van der Waals surface area contributed by atoms with E-state index in [2.05, 4.69) is 44.9 Å². The zero-order valence-electron chi connectivity index (χ0n) is 9.75. The lowest BCUT2D eigenvalue weighted by atomic mass is 10.1. The lowest BCUT2D eigenvalue weighted by molar-refractivity contribution is 0.127. The number of ether oxygens (including phenoxy) is 1. The lowest BCUT2D eigenvalue weighted by Crippen LogP contribution is -2.34. The van der Waals surface area contributed by atoms with Crippen LogP contribution in [0.4, 0.5) is 0 Å². The predicted octanol–water partition coefficient (Wildman–Crippen LogP) is 2.14. The molecule has 84 valence electrons. The summed E-state index contributed by atoms with van der Waals surface area (Å²) in [5.74, 6) is 1.91. The van der Waals surface area contributed by atoms with E-state index < -0.39 is 0 Å². The first-order chi connectivity index (χ1) is 6.65. The molecule has 0 radical (unpaired) electrons. The van der Waals surface area contributed by atoms with Crippen LogP contribution in [0.5, 0.6) is 0 Å². The van der Waals surface area contributed by atoms with E-state index in [4.69, 9.17) is 4.74 Å². The molecule has 1 N–H and O–H groups in total. The van der Waals surface area contributed by atoms with Crippen molar-refractivity contribution in [1.82, 2.24) is 5.32 Å². The van der Waals surface area contributed by atoms with Crippen LogP contribution >= 0.6 is 11.8 Å². The van der Waals surface area contributed by atoms with Gasteiger partial charge in [0.05, 0.1) is 6.10 Å². The van der Waals surface area contributed by atoms with Crippen LogP contribution in [0.25, 0.3) is 0 Å². The van der Waals surface area contributed by atoms with Crippen LogP contribution in [0.15, 0.2) is 0 Å². The SMILES string of the molecule is CNC(CSC1CCOC1C)C(C)C. The molecule has 1 heterocycles. The highest BCUT2D eigenvalue weighted by atomic mass is 32.2. The fourth-order valence-electron chi connectivity index (χ4n) is 1.77. The Labute approximate surface area is 92.2 Å². The van der Waals surface area contributed by atoms with Crippen LogP contribution in [0.2, 0.25) is 0 Å². The van der Waals surface area contributed by atoms with Crippen molar-refractivity contribution in [3.05, 3.63) is 0 Å². The third kappa shape index (κ3) is 3.44. The van der Waals surface area contributed by atoms with Gasteiger partial charge in [-0.3, -0.25) is 0 Å². The van der Waals surface area contributed by atoms with E-state index in [1.807, 2.05) is 0 Å². The second kappa shape index (κ2) is 5.99. The third-order valence-electron chi connectivity index (χ3n) is 2.97. The summed E-state index contributed by atoms with van der Waals surface area (Å²) in [6.45, 7) is 7.69. The minimum Gasteiger partial charge on any atom is -0.377 e. The first kappa shape index (κ1) is 12.3. The Bertz CT molecular complexity index is 161. The summed E-state index contributed by atoms with van der Waals surface area (Å²) < 4.78 is 5.55. The maximum atomic E-state index is 5.55. The molecule has 0 aromatic carbocycles. The van der Waals surface area contributed by atoms with Crippen molar-refractivity contribution >= 4 is 11.8 Å². The van der Waals surface area contributed by atoms with Gasteiger partial charge in [-0.05, 0) is 26.3 Å². The Morgan fingerprint density at radius 1 is 1.50 bits per heavy atom. The second-order valence-corrected chi connectivity index (χ2v) is 5.65. The Hall–Kier alpha value is 0.270. The highest BCUT2D eigenvalue weighted by molar-refractivity contribution is 8.00. The van der Waals surface area contributed by atoms with E-state index in [9.17, 15) is 0 Å². The monoisotopic (exact) mass is 217 g/mol. The van der Waals surface area contributed by atoms with E-state index in [0.29, 0.717) is 23.3 Å². The van der Waals surface area contributed by atoms with Crippen LogP contribution < -0.4 is 5.32 Å². The molecule has 1 fully saturated rings. The number of rotatable bonds is 5. The quantitative estimate of drug-likeness (QED) is 0.762. The minimum atomic E-state index is 0.449. The van der Waals surface area contributed by atoms with Crippen molar-refractivity contribution in [2.45, 2.75) is 44.6 Å². The molecule has 0 aromatic heterocycles. The van der Waals surface area contributed by atoms with E-state index in [1.165, 1.54) is 12.2 Å². The minimum absolute atomic E-state index is 0.449. The van der Waals surface area contributed by atoms with E-state index in [-0.39, 0.29) is 0 Å². The molecule has 1 rings (SSSR count). The molecule has 0 amide bonds. The Morgan fingerprint density at radius 3 is 2.64 bits per heavy atom. The lowest BCUT2D eigenvalue weighted by Gasteiger charge is -2.22. The molecule has 14 heavy (non-hydrogen) atoms. The van der Waals surface area contributed by atoms with E-state index in [0.717, 1.165) is 6.61 Å². The molecule has 2 nitrogen and oxygen atoms in total. The Balaban J connectivity index is 2.24. The van der Waals surface area contributed by atoms with Gasteiger partial charge in [0.25, 0.3) is 0 Å². The highest BCUT2D eigenvalue weighted by Gasteiger charge is 2.25. The van der Waals surface area contributed by atoms with Gasteiger partial charge in [0.15, 0.2) is 0 Å². The molecule has 3 unspecified atom stereocenters. The molecule has 0 bridgehead atoms. The van der Waals surface area contributed by atoms with Gasteiger partial charge < -0.3 is 10.1 Å². The summed E-state index contributed by atoms with van der Waals surface area (Å²) in [7, 11) is 2.06. The number of thioether (sulfide) groups is 1. The van der Waals surface area contributed by atoms with Gasteiger partial charge in [-0.15, -0.1) is 0 Å². The number of hydrogen-bond donors (Lipinski definition) is 1. The van der Waals surface area contributed by atoms with Crippen LogP contribution in [-0.4, -0.2) is 36.8 Å². The van der Waals surface area contributed by atoms with Crippen molar-refractivity contribution in [1.29, 1.82) is 0 Å². The molecule has 0 aliphatic carbocycles. The molecule has 1 saturated heterocycles. The van der Waals surface area contributed by atoms with Gasteiger partial charge in [0.2, 0.25) is 0 Å². The van der Waals surface area contributed by atoms with Crippen molar-refractivity contribution in [2.75, 3.05) is 19.4 Å². The molecular weight excluding hydrogens is 194 g/mol. The average molecular weight is 217 g/mol. The largest absolute Gasteiger partial charge is 0.377 e. The summed E-state index contributed by atoms with van der Waals surface area (Å²) in [5, 5.41) is 4.09. The van der Waals surface area contributed by atoms with Crippen molar-refractivity contribution in [2.24, 2.45) is 5.92 Å². The van der Waals surface area contributed by atoms with E-state index >= 15 is 0 Å². The fourth-order valence-corrected chi connectivity index (χ4v) is 3.39. The molecule has 0 saturated carbocycles. The van der Waals surface area contributed by atoms with Crippen LogP contribution in [0.3, 0.4) is 0 Å². The molecular formula is C11H23NOS. The van der Waals surface area contributed by atoms with Gasteiger partial charge in [-0.2, -0.15) is 11.8 Å². The number of nitrogens with one attached hydrogen (secondary N) is 1. The smallest absolute Gasteiger partial charge is 0.0666 e. The van der Waals surface area contributed by atoms with Crippen molar-refractivity contribution in [3.63, 3.8) is 0 Å². The van der Waals surface area contributed by atoms with Crippen molar-refractivity contribution in [3.8, 4) is 0 Å². The summed E-state index contributed by atoms with van der Waals surface area (Å²) >= 11 is 2.07. The van der Waals surface area contributed by atoms with Gasteiger partial charge in [-0.1, -0.05) is 13.8 Å². The van der Waals surface area contributed by atoms with Crippen LogP contribution in [0.1, 0.15) is 27.2 Å². The first-order valence-electron chi connectivity index (χ1n) is 5.55. The summed E-state index contributed by atoms with van der Waals surface area (Å²) in [6, 6.07) is 0.632. The van der Waals surface area contributed by atoms with Gasteiger partial charge in [0, 0.05) is 23.7 Å². The van der Waals surface area contributed by atoms with Crippen molar-refractivity contribution < 1.29 is 4.74 Å². The van der Waals surface area contributed by atoms with Gasteiger partial charge in [0.1, 0.15) is 0 Å². The van der Waals surface area contributed by atoms with Gasteiger partial charge in [-0.25, -0.2) is 0 Å². The average Bonchev–Trinajstić information content (AvgIpc) is 2.52. The Kier molecular flexibility index (Phi) is 5.28. The second-order valence-electron chi connectivity index (χ2n) is 4.38. The molecule has 3 heteroatoms. The van der Waals surface area contributed by atoms with Crippen LogP contribution in [0, 0.1) is 5.92 Å². The highest BCUT2D eigenvalue weighted by Crippen LogP contribution is 2.27. The molecule has 3 atom stereocenters. The fraction of sp³-hybridized carbons (Fsp3) is 1.00. The summed E-state index contributed by atoms with van der Waals surface area (Å²) in [5.41, 5.74) is 0. The van der Waals surface area contributed by atoms with Gasteiger partial charge >= 0.3 is 0 Å². The molecule has 1 aliphatic heterocycles. The first-order valence-corrected chi connectivity index (χ1v) is 6.60.